The minimum Gasteiger partial charge on any atom is -0.489 e. The standard InChI is InChI=1S/C24H27N3O4/c1-18-25-23(27-31-18)24(14-6-3-7-15-24)26-22(28)17-30-21-12-10-20(11-13-21)29-16-19-8-4-2-5-9-19/h2,4-5,8-13H,3,6-7,14-17H2,1H3,(H,26,28). The van der Waals surface area contributed by atoms with Crippen LogP contribution in [0.1, 0.15) is 49.4 Å². The topological polar surface area (TPSA) is 86.5 Å². The molecule has 3 aromatic rings. The number of carbonyl (C=O) groups excluding carboxylic acids is 1. The third-order valence-electron chi connectivity index (χ3n) is 5.48. The maximum atomic E-state index is 12.6. The van der Waals surface area contributed by atoms with Crippen molar-refractivity contribution < 1.29 is 18.8 Å². The monoisotopic (exact) mass is 421 g/mol. The molecule has 7 heteroatoms. The predicted molar refractivity (Wildman–Crippen MR) is 115 cm³/mol. The lowest BCUT2D eigenvalue weighted by atomic mass is 9.81. The smallest absolute Gasteiger partial charge is 0.258 e. The number of nitrogens with zero attached hydrogens (tertiary/aromatic N) is 2. The van der Waals surface area contributed by atoms with Gasteiger partial charge < -0.3 is 19.3 Å². The molecule has 4 rings (SSSR count). The lowest BCUT2D eigenvalue weighted by Crippen LogP contribution is -2.49. The number of benzene rings is 2. The largest absolute Gasteiger partial charge is 0.489 e. The van der Waals surface area contributed by atoms with Crippen molar-refractivity contribution in [2.75, 3.05) is 6.61 Å². The van der Waals surface area contributed by atoms with Gasteiger partial charge in [0.1, 0.15) is 23.6 Å². The van der Waals surface area contributed by atoms with E-state index in [1.165, 1.54) is 0 Å². The molecule has 1 aliphatic carbocycles. The summed E-state index contributed by atoms with van der Waals surface area (Å²) in [6.07, 6.45) is 4.76. The molecule has 1 aliphatic rings. The Kier molecular flexibility index (Phi) is 6.50. The number of aromatic nitrogens is 2. The van der Waals surface area contributed by atoms with Crippen LogP contribution in [0.2, 0.25) is 0 Å². The Hall–Kier alpha value is -3.35. The molecule has 2 aromatic carbocycles. The van der Waals surface area contributed by atoms with Crippen molar-refractivity contribution in [3.05, 3.63) is 71.9 Å². The quantitative estimate of drug-likeness (QED) is 0.583. The van der Waals surface area contributed by atoms with Crippen LogP contribution in [-0.2, 0) is 16.9 Å². The number of aryl methyl sites for hydroxylation is 1. The summed E-state index contributed by atoms with van der Waals surface area (Å²) in [7, 11) is 0. The average molecular weight is 421 g/mol. The number of hydrogen-bond donors (Lipinski definition) is 1. The zero-order valence-electron chi connectivity index (χ0n) is 17.7. The molecule has 1 fully saturated rings. The van der Waals surface area contributed by atoms with Gasteiger partial charge in [-0.2, -0.15) is 4.98 Å². The molecule has 1 heterocycles. The predicted octanol–water partition coefficient (Wildman–Crippen LogP) is 4.31. The van der Waals surface area contributed by atoms with E-state index in [1.54, 1.807) is 19.1 Å². The summed E-state index contributed by atoms with van der Waals surface area (Å²) < 4.78 is 16.6. The van der Waals surface area contributed by atoms with Gasteiger partial charge in [-0.3, -0.25) is 4.79 Å². The first-order chi connectivity index (χ1) is 15.1. The molecule has 0 radical (unpaired) electrons. The third-order valence-corrected chi connectivity index (χ3v) is 5.48. The van der Waals surface area contributed by atoms with Gasteiger partial charge in [-0.1, -0.05) is 54.8 Å². The molecule has 0 spiro atoms. The molecule has 1 saturated carbocycles. The van der Waals surface area contributed by atoms with Gasteiger partial charge in [0.2, 0.25) is 5.89 Å². The zero-order chi connectivity index (χ0) is 21.5. The van der Waals surface area contributed by atoms with Gasteiger partial charge in [0.25, 0.3) is 5.91 Å². The lowest BCUT2D eigenvalue weighted by molar-refractivity contribution is -0.125. The molecule has 31 heavy (non-hydrogen) atoms. The van der Waals surface area contributed by atoms with Crippen LogP contribution in [-0.4, -0.2) is 22.7 Å². The van der Waals surface area contributed by atoms with E-state index < -0.39 is 5.54 Å². The second-order valence-electron chi connectivity index (χ2n) is 7.86. The molecular formula is C24H27N3O4. The van der Waals surface area contributed by atoms with Crippen LogP contribution in [0.25, 0.3) is 0 Å². The number of amides is 1. The Morgan fingerprint density at radius 3 is 2.32 bits per heavy atom. The van der Waals surface area contributed by atoms with Gasteiger partial charge in [0.05, 0.1) is 0 Å². The molecular weight excluding hydrogens is 394 g/mol. The zero-order valence-corrected chi connectivity index (χ0v) is 17.7. The normalized spacial score (nSPS) is 15.3. The fourth-order valence-electron chi connectivity index (χ4n) is 3.88. The molecule has 0 saturated heterocycles. The number of rotatable bonds is 8. The summed E-state index contributed by atoms with van der Waals surface area (Å²) in [6.45, 7) is 2.18. The van der Waals surface area contributed by atoms with E-state index in [4.69, 9.17) is 14.0 Å². The van der Waals surface area contributed by atoms with Crippen molar-refractivity contribution in [2.45, 2.75) is 51.2 Å². The summed E-state index contributed by atoms with van der Waals surface area (Å²) in [6, 6.07) is 17.2. The second-order valence-corrected chi connectivity index (χ2v) is 7.86. The molecule has 0 bridgehead atoms. The Balaban J connectivity index is 1.30. The van der Waals surface area contributed by atoms with Gasteiger partial charge in [-0.05, 0) is 42.7 Å². The van der Waals surface area contributed by atoms with E-state index in [2.05, 4.69) is 15.5 Å². The van der Waals surface area contributed by atoms with Crippen LogP contribution in [0.5, 0.6) is 11.5 Å². The number of nitrogens with one attached hydrogen (secondary N) is 1. The fourth-order valence-corrected chi connectivity index (χ4v) is 3.88. The van der Waals surface area contributed by atoms with Crippen LogP contribution in [0.15, 0.2) is 59.1 Å². The summed E-state index contributed by atoms with van der Waals surface area (Å²) in [5.41, 5.74) is 0.527. The molecule has 1 aromatic heterocycles. The molecule has 7 nitrogen and oxygen atoms in total. The lowest BCUT2D eigenvalue weighted by Gasteiger charge is -2.35. The minimum absolute atomic E-state index is 0.0806. The highest BCUT2D eigenvalue weighted by Crippen LogP contribution is 2.35. The average Bonchev–Trinajstić information content (AvgIpc) is 3.25. The first kappa shape index (κ1) is 20.9. The molecule has 0 atom stereocenters. The van der Waals surface area contributed by atoms with E-state index in [9.17, 15) is 4.79 Å². The van der Waals surface area contributed by atoms with Crippen LogP contribution >= 0.6 is 0 Å². The highest BCUT2D eigenvalue weighted by Gasteiger charge is 2.39. The highest BCUT2D eigenvalue weighted by molar-refractivity contribution is 5.78. The molecule has 0 aliphatic heterocycles. The fraction of sp³-hybridized carbons (Fsp3) is 0.375. The second kappa shape index (κ2) is 9.64. The minimum atomic E-state index is -0.578. The summed E-state index contributed by atoms with van der Waals surface area (Å²) in [5.74, 6) is 2.20. The molecule has 162 valence electrons. The third kappa shape index (κ3) is 5.42. The van der Waals surface area contributed by atoms with Crippen LogP contribution in [0, 0.1) is 6.92 Å². The van der Waals surface area contributed by atoms with Crippen LogP contribution in [0.3, 0.4) is 0 Å². The van der Waals surface area contributed by atoms with E-state index in [1.807, 2.05) is 42.5 Å². The molecule has 1 N–H and O–H groups in total. The van der Waals surface area contributed by atoms with Crippen molar-refractivity contribution >= 4 is 5.91 Å². The van der Waals surface area contributed by atoms with Crippen molar-refractivity contribution in [3.63, 3.8) is 0 Å². The number of hydrogen-bond acceptors (Lipinski definition) is 6. The summed E-state index contributed by atoms with van der Waals surface area (Å²) in [4.78, 5) is 17.0. The maximum absolute atomic E-state index is 12.6. The first-order valence-electron chi connectivity index (χ1n) is 10.6. The van der Waals surface area contributed by atoms with E-state index >= 15 is 0 Å². The maximum Gasteiger partial charge on any atom is 0.258 e. The van der Waals surface area contributed by atoms with Crippen molar-refractivity contribution in [3.8, 4) is 11.5 Å². The van der Waals surface area contributed by atoms with E-state index in [0.717, 1.165) is 43.4 Å². The first-order valence-corrected chi connectivity index (χ1v) is 10.6. The van der Waals surface area contributed by atoms with Gasteiger partial charge >= 0.3 is 0 Å². The Morgan fingerprint density at radius 2 is 1.68 bits per heavy atom. The van der Waals surface area contributed by atoms with Gasteiger partial charge in [-0.25, -0.2) is 0 Å². The number of carbonyl (C=O) groups is 1. The summed E-state index contributed by atoms with van der Waals surface area (Å²) >= 11 is 0. The SMILES string of the molecule is Cc1nc(C2(NC(=O)COc3ccc(OCc4ccccc4)cc3)CCCCC2)no1. The van der Waals surface area contributed by atoms with Gasteiger partial charge in [-0.15, -0.1) is 0 Å². The summed E-state index contributed by atoms with van der Waals surface area (Å²) in [5, 5.41) is 7.18. The Morgan fingerprint density at radius 1 is 1.00 bits per heavy atom. The highest BCUT2D eigenvalue weighted by atomic mass is 16.5. The molecule has 0 unspecified atom stereocenters. The van der Waals surface area contributed by atoms with Crippen molar-refractivity contribution in [2.24, 2.45) is 0 Å². The molecule has 1 amide bonds. The van der Waals surface area contributed by atoms with Gasteiger partial charge in [0.15, 0.2) is 12.4 Å². The van der Waals surface area contributed by atoms with Crippen molar-refractivity contribution in [1.29, 1.82) is 0 Å². The Labute approximate surface area is 181 Å². The van der Waals surface area contributed by atoms with Crippen LogP contribution < -0.4 is 14.8 Å². The van der Waals surface area contributed by atoms with E-state index in [0.29, 0.717) is 24.1 Å². The number of ether oxygens (including phenoxy) is 2. The van der Waals surface area contributed by atoms with E-state index in [-0.39, 0.29) is 12.5 Å². The Bertz CT molecular complexity index is 980. The van der Waals surface area contributed by atoms with Crippen LogP contribution in [0.4, 0.5) is 0 Å². The van der Waals surface area contributed by atoms with Crippen molar-refractivity contribution in [1.82, 2.24) is 15.5 Å². The van der Waals surface area contributed by atoms with Gasteiger partial charge in [0, 0.05) is 6.92 Å².